The van der Waals surface area contributed by atoms with Crippen LogP contribution in [0.4, 0.5) is 5.69 Å². The van der Waals surface area contributed by atoms with E-state index in [0.717, 1.165) is 0 Å². The monoisotopic (exact) mass is 383 g/mol. The van der Waals surface area contributed by atoms with Crippen molar-refractivity contribution in [3.63, 3.8) is 0 Å². The van der Waals surface area contributed by atoms with Crippen LogP contribution >= 0.6 is 11.6 Å². The lowest BCUT2D eigenvalue weighted by molar-refractivity contribution is 0.0601. The number of methoxy groups -OCH3 is 2. The molecule has 0 aliphatic carbocycles. The number of carbonyl (C=O) groups excluding carboxylic acids is 1. The van der Waals surface area contributed by atoms with Crippen LogP contribution in [0.15, 0.2) is 35.2 Å². The van der Waals surface area contributed by atoms with Crippen LogP contribution in [-0.2, 0) is 14.8 Å². The first kappa shape index (κ1) is 19.1. The van der Waals surface area contributed by atoms with Crippen molar-refractivity contribution in [3.8, 4) is 5.75 Å². The van der Waals surface area contributed by atoms with E-state index in [2.05, 4.69) is 9.46 Å². The highest BCUT2D eigenvalue weighted by Crippen LogP contribution is 2.28. The molecule has 1 N–H and O–H groups in total. The minimum atomic E-state index is -3.85. The Labute approximate surface area is 151 Å². The quantitative estimate of drug-likeness (QED) is 0.798. The van der Waals surface area contributed by atoms with Gasteiger partial charge in [-0.05, 0) is 55.3 Å². The van der Waals surface area contributed by atoms with Crippen molar-refractivity contribution in [2.75, 3.05) is 18.9 Å². The van der Waals surface area contributed by atoms with Crippen molar-refractivity contribution < 1.29 is 22.7 Å². The van der Waals surface area contributed by atoms with Crippen molar-refractivity contribution in [2.45, 2.75) is 18.7 Å². The average molecular weight is 384 g/mol. The molecule has 0 radical (unpaired) electrons. The molecule has 25 heavy (non-hydrogen) atoms. The number of anilines is 1. The van der Waals surface area contributed by atoms with Gasteiger partial charge < -0.3 is 9.47 Å². The maximum atomic E-state index is 12.7. The topological polar surface area (TPSA) is 81.7 Å². The predicted octanol–water partition coefficient (Wildman–Crippen LogP) is 3.55. The zero-order chi connectivity index (χ0) is 18.8. The van der Waals surface area contributed by atoms with E-state index in [4.69, 9.17) is 16.3 Å². The summed E-state index contributed by atoms with van der Waals surface area (Å²) in [6, 6.07) is 7.42. The molecule has 0 amide bonds. The van der Waals surface area contributed by atoms with Crippen LogP contribution in [0.2, 0.25) is 5.02 Å². The molecule has 0 aromatic heterocycles. The van der Waals surface area contributed by atoms with Gasteiger partial charge in [-0.3, -0.25) is 4.72 Å². The van der Waals surface area contributed by atoms with Gasteiger partial charge in [-0.15, -0.1) is 0 Å². The van der Waals surface area contributed by atoms with Crippen molar-refractivity contribution in [1.82, 2.24) is 0 Å². The molecule has 134 valence electrons. The highest BCUT2D eigenvalue weighted by atomic mass is 35.5. The van der Waals surface area contributed by atoms with Crippen LogP contribution in [0.1, 0.15) is 21.5 Å². The van der Waals surface area contributed by atoms with E-state index in [-0.39, 0.29) is 21.2 Å². The largest absolute Gasteiger partial charge is 0.496 e. The van der Waals surface area contributed by atoms with E-state index in [0.29, 0.717) is 16.9 Å². The van der Waals surface area contributed by atoms with Gasteiger partial charge in [-0.25, -0.2) is 13.2 Å². The zero-order valence-corrected chi connectivity index (χ0v) is 15.8. The number of ether oxygens (including phenoxy) is 2. The second-order valence-electron chi connectivity index (χ2n) is 5.38. The fourth-order valence-electron chi connectivity index (χ4n) is 2.34. The molecule has 0 fully saturated rings. The van der Waals surface area contributed by atoms with Gasteiger partial charge >= 0.3 is 5.97 Å². The molecule has 8 heteroatoms. The maximum absolute atomic E-state index is 12.7. The molecule has 0 bridgehead atoms. The average Bonchev–Trinajstić information content (AvgIpc) is 2.57. The van der Waals surface area contributed by atoms with Gasteiger partial charge in [0.25, 0.3) is 10.0 Å². The number of nitrogens with one attached hydrogen (secondary N) is 1. The predicted molar refractivity (Wildman–Crippen MR) is 96.1 cm³/mol. The highest BCUT2D eigenvalue weighted by Gasteiger charge is 2.20. The number of carbonyl (C=O) groups is 1. The minimum absolute atomic E-state index is 0.0759. The van der Waals surface area contributed by atoms with Crippen LogP contribution in [0.5, 0.6) is 5.75 Å². The Bertz CT molecular complexity index is 925. The van der Waals surface area contributed by atoms with Crippen molar-refractivity contribution in [1.29, 1.82) is 0 Å². The summed E-state index contributed by atoms with van der Waals surface area (Å²) in [4.78, 5) is 11.8. The van der Waals surface area contributed by atoms with E-state index in [1.807, 2.05) is 0 Å². The van der Waals surface area contributed by atoms with Crippen LogP contribution in [0.3, 0.4) is 0 Å². The smallest absolute Gasteiger partial charge is 0.339 e. The Kier molecular flexibility index (Phi) is 5.59. The molecule has 0 aliphatic heterocycles. The van der Waals surface area contributed by atoms with Crippen LogP contribution in [-0.4, -0.2) is 28.6 Å². The molecule has 2 aromatic carbocycles. The first-order valence-corrected chi connectivity index (χ1v) is 9.11. The van der Waals surface area contributed by atoms with E-state index in [9.17, 15) is 13.2 Å². The molecule has 0 spiro atoms. The van der Waals surface area contributed by atoms with Crippen molar-refractivity contribution >= 4 is 33.3 Å². The molecule has 2 rings (SSSR count). The summed E-state index contributed by atoms with van der Waals surface area (Å²) >= 11 is 5.95. The number of hydrogen-bond acceptors (Lipinski definition) is 5. The van der Waals surface area contributed by atoms with E-state index in [1.165, 1.54) is 38.5 Å². The summed E-state index contributed by atoms with van der Waals surface area (Å²) in [5.74, 6) is -0.0431. The lowest BCUT2D eigenvalue weighted by atomic mass is 10.1. The molecule has 0 aliphatic rings. The molecule has 2 aromatic rings. The molecular formula is C17H18ClNO5S. The second-order valence-corrected chi connectivity index (χ2v) is 7.44. The minimum Gasteiger partial charge on any atom is -0.496 e. The van der Waals surface area contributed by atoms with Crippen LogP contribution in [0.25, 0.3) is 0 Å². The third-order valence-electron chi connectivity index (χ3n) is 3.61. The molecule has 0 heterocycles. The Morgan fingerprint density at radius 2 is 1.76 bits per heavy atom. The van der Waals surface area contributed by atoms with E-state index in [1.54, 1.807) is 19.9 Å². The third-order valence-corrected chi connectivity index (χ3v) is 5.46. The molecule has 6 nitrogen and oxygen atoms in total. The summed E-state index contributed by atoms with van der Waals surface area (Å²) in [5, 5.41) is 0.172. The number of hydrogen-bond donors (Lipinski definition) is 1. The zero-order valence-electron chi connectivity index (χ0n) is 14.2. The SMILES string of the molecule is COC(=O)c1cc(NS(=O)(=O)c2cc(C)c(OC)cc2C)ccc1Cl. The summed E-state index contributed by atoms with van der Waals surface area (Å²) in [6.07, 6.45) is 0. The number of esters is 1. The lowest BCUT2D eigenvalue weighted by Gasteiger charge is -2.14. The van der Waals surface area contributed by atoms with Gasteiger partial charge in [-0.2, -0.15) is 0 Å². The summed E-state index contributed by atoms with van der Waals surface area (Å²) in [5.41, 5.74) is 1.52. The number of rotatable bonds is 5. The van der Waals surface area contributed by atoms with Crippen LogP contribution in [0, 0.1) is 13.8 Å². The third kappa shape index (κ3) is 4.05. The number of aryl methyl sites for hydroxylation is 2. The standard InChI is InChI=1S/C17H18ClNO5S/c1-10-8-16(11(2)7-15(10)23-3)25(21,22)19-12-5-6-14(18)13(9-12)17(20)24-4/h5-9,19H,1-4H3. The number of sulfonamides is 1. The number of halogens is 1. The Morgan fingerprint density at radius 3 is 2.36 bits per heavy atom. The first-order chi connectivity index (χ1) is 11.7. The van der Waals surface area contributed by atoms with Gasteiger partial charge in [0.15, 0.2) is 0 Å². The molecule has 0 atom stereocenters. The summed E-state index contributed by atoms with van der Waals surface area (Å²) in [6.45, 7) is 3.44. The lowest BCUT2D eigenvalue weighted by Crippen LogP contribution is -2.15. The maximum Gasteiger partial charge on any atom is 0.339 e. The molecular weight excluding hydrogens is 366 g/mol. The fraction of sp³-hybridized carbons (Fsp3) is 0.235. The summed E-state index contributed by atoms with van der Waals surface area (Å²) < 4.78 is 37.7. The van der Waals surface area contributed by atoms with E-state index < -0.39 is 16.0 Å². The molecule has 0 saturated heterocycles. The Morgan fingerprint density at radius 1 is 1.08 bits per heavy atom. The first-order valence-electron chi connectivity index (χ1n) is 7.25. The summed E-state index contributed by atoms with van der Waals surface area (Å²) in [7, 11) is -1.11. The van der Waals surface area contributed by atoms with Gasteiger partial charge in [0.2, 0.25) is 0 Å². The molecule has 0 unspecified atom stereocenters. The fourth-order valence-corrected chi connectivity index (χ4v) is 3.89. The van der Waals surface area contributed by atoms with Gasteiger partial charge in [-0.1, -0.05) is 11.6 Å². The normalized spacial score (nSPS) is 11.1. The van der Waals surface area contributed by atoms with Crippen molar-refractivity contribution in [3.05, 3.63) is 52.0 Å². The Balaban J connectivity index is 2.43. The van der Waals surface area contributed by atoms with Gasteiger partial charge in [0, 0.05) is 5.69 Å². The van der Waals surface area contributed by atoms with Gasteiger partial charge in [0.05, 0.1) is 29.7 Å². The molecule has 0 saturated carbocycles. The highest BCUT2D eigenvalue weighted by molar-refractivity contribution is 7.92. The van der Waals surface area contributed by atoms with Gasteiger partial charge in [0.1, 0.15) is 5.75 Å². The number of benzene rings is 2. The second kappa shape index (κ2) is 7.33. The van der Waals surface area contributed by atoms with Crippen molar-refractivity contribution in [2.24, 2.45) is 0 Å². The van der Waals surface area contributed by atoms with Crippen LogP contribution < -0.4 is 9.46 Å². The Hall–Kier alpha value is -2.25. The van der Waals surface area contributed by atoms with E-state index >= 15 is 0 Å².